The second-order valence-electron chi connectivity index (χ2n) is 9.54. The van der Waals surface area contributed by atoms with Crippen LogP contribution in [-0.2, 0) is 22.6 Å². The van der Waals surface area contributed by atoms with Gasteiger partial charge in [0.2, 0.25) is 5.91 Å². The van der Waals surface area contributed by atoms with E-state index < -0.39 is 11.6 Å². The zero-order valence-electron chi connectivity index (χ0n) is 21.2. The van der Waals surface area contributed by atoms with Crippen LogP contribution in [0.1, 0.15) is 31.9 Å². The molecule has 0 aliphatic rings. The first-order valence-corrected chi connectivity index (χ1v) is 12.2. The SMILES string of the molecule is COc1ccccc1OCC(=O)N(Cc1cccc(Cl)c1)[C@@H](Cc1ccccc1)C(=O)NC(C)(C)C. The van der Waals surface area contributed by atoms with Crippen molar-refractivity contribution in [1.29, 1.82) is 0 Å². The maximum atomic E-state index is 13.7. The number of para-hydroxylation sites is 2. The van der Waals surface area contributed by atoms with Gasteiger partial charge < -0.3 is 19.7 Å². The summed E-state index contributed by atoms with van der Waals surface area (Å²) in [6, 6.07) is 23.3. The van der Waals surface area contributed by atoms with Crippen molar-refractivity contribution >= 4 is 23.4 Å². The van der Waals surface area contributed by atoms with Crippen LogP contribution in [0, 0.1) is 0 Å². The minimum atomic E-state index is -0.764. The van der Waals surface area contributed by atoms with Crippen molar-refractivity contribution in [3.63, 3.8) is 0 Å². The molecule has 6 nitrogen and oxygen atoms in total. The Labute approximate surface area is 218 Å². The Morgan fingerprint density at radius 1 is 0.917 bits per heavy atom. The number of hydrogen-bond acceptors (Lipinski definition) is 4. The second-order valence-corrected chi connectivity index (χ2v) is 9.97. The van der Waals surface area contributed by atoms with Crippen LogP contribution >= 0.6 is 11.6 Å². The lowest BCUT2D eigenvalue weighted by Crippen LogP contribution is -2.55. The number of carbonyl (C=O) groups excluding carboxylic acids is 2. The summed E-state index contributed by atoms with van der Waals surface area (Å²) in [5.41, 5.74) is 1.29. The molecule has 0 spiro atoms. The van der Waals surface area contributed by atoms with Gasteiger partial charge in [-0.2, -0.15) is 0 Å². The van der Waals surface area contributed by atoms with Crippen LogP contribution in [0.5, 0.6) is 11.5 Å². The quantitative estimate of drug-likeness (QED) is 0.404. The minimum absolute atomic E-state index is 0.198. The number of hydrogen-bond donors (Lipinski definition) is 1. The fourth-order valence-electron chi connectivity index (χ4n) is 3.80. The summed E-state index contributed by atoms with van der Waals surface area (Å²) in [4.78, 5) is 28.8. The average molecular weight is 509 g/mol. The first-order chi connectivity index (χ1) is 17.2. The van der Waals surface area contributed by atoms with Gasteiger partial charge in [-0.25, -0.2) is 0 Å². The largest absolute Gasteiger partial charge is 0.493 e. The Morgan fingerprint density at radius 3 is 2.19 bits per heavy atom. The first-order valence-electron chi connectivity index (χ1n) is 11.8. The second kappa shape index (κ2) is 12.5. The van der Waals surface area contributed by atoms with E-state index in [2.05, 4.69) is 5.32 Å². The monoisotopic (exact) mass is 508 g/mol. The third kappa shape index (κ3) is 8.02. The average Bonchev–Trinajstić information content (AvgIpc) is 2.84. The smallest absolute Gasteiger partial charge is 0.261 e. The molecule has 36 heavy (non-hydrogen) atoms. The molecule has 3 aromatic carbocycles. The molecule has 0 fully saturated rings. The molecule has 0 aliphatic heterocycles. The van der Waals surface area contributed by atoms with Crippen LogP contribution < -0.4 is 14.8 Å². The van der Waals surface area contributed by atoms with E-state index in [9.17, 15) is 9.59 Å². The first kappa shape index (κ1) is 27.1. The van der Waals surface area contributed by atoms with E-state index in [0.717, 1.165) is 11.1 Å². The molecule has 3 aromatic rings. The predicted octanol–water partition coefficient (Wildman–Crippen LogP) is 5.28. The number of nitrogens with zero attached hydrogens (tertiary/aromatic N) is 1. The van der Waals surface area contributed by atoms with Gasteiger partial charge in [0.05, 0.1) is 7.11 Å². The Balaban J connectivity index is 1.94. The van der Waals surface area contributed by atoms with Gasteiger partial charge in [-0.1, -0.05) is 66.2 Å². The van der Waals surface area contributed by atoms with E-state index in [-0.39, 0.29) is 25.0 Å². The molecule has 190 valence electrons. The number of benzene rings is 3. The van der Waals surface area contributed by atoms with Crippen molar-refractivity contribution < 1.29 is 19.1 Å². The molecule has 0 aliphatic carbocycles. The van der Waals surface area contributed by atoms with Gasteiger partial charge >= 0.3 is 0 Å². The minimum Gasteiger partial charge on any atom is -0.493 e. The predicted molar refractivity (Wildman–Crippen MR) is 142 cm³/mol. The summed E-state index contributed by atoms with van der Waals surface area (Å²) in [7, 11) is 1.54. The van der Waals surface area contributed by atoms with E-state index in [1.807, 2.05) is 69.3 Å². The Bertz CT molecular complexity index is 1160. The summed E-state index contributed by atoms with van der Waals surface area (Å²) in [6.45, 7) is 5.69. The Morgan fingerprint density at radius 2 is 1.56 bits per heavy atom. The number of amides is 2. The molecule has 7 heteroatoms. The zero-order valence-corrected chi connectivity index (χ0v) is 21.9. The molecular weight excluding hydrogens is 476 g/mol. The molecule has 0 radical (unpaired) electrons. The van der Waals surface area contributed by atoms with Crippen LogP contribution in [0.4, 0.5) is 0 Å². The number of rotatable bonds is 10. The number of carbonyl (C=O) groups is 2. The number of halogens is 1. The van der Waals surface area contributed by atoms with Gasteiger partial charge in [-0.3, -0.25) is 9.59 Å². The van der Waals surface area contributed by atoms with Gasteiger partial charge in [0.25, 0.3) is 5.91 Å². The molecule has 0 aromatic heterocycles. The van der Waals surface area contributed by atoms with Crippen LogP contribution in [0.15, 0.2) is 78.9 Å². The summed E-state index contributed by atoms with van der Waals surface area (Å²) >= 11 is 6.22. The molecular formula is C29H33ClN2O4. The van der Waals surface area contributed by atoms with E-state index in [1.54, 1.807) is 42.3 Å². The molecule has 0 heterocycles. The third-order valence-electron chi connectivity index (χ3n) is 5.43. The van der Waals surface area contributed by atoms with Crippen LogP contribution in [0.3, 0.4) is 0 Å². The van der Waals surface area contributed by atoms with E-state index in [1.165, 1.54) is 0 Å². The lowest BCUT2D eigenvalue weighted by atomic mass is 10.0. The standard InChI is InChI=1S/C29H33ClN2O4/c1-29(2,3)31-28(34)24(18-21-11-6-5-7-12-21)32(19-22-13-10-14-23(30)17-22)27(33)20-36-26-16-9-8-15-25(26)35-4/h5-17,24H,18-20H2,1-4H3,(H,31,34)/t24-/m0/s1. The van der Waals surface area contributed by atoms with E-state index >= 15 is 0 Å². The molecule has 0 bridgehead atoms. The van der Waals surface area contributed by atoms with Gasteiger partial charge in [-0.15, -0.1) is 0 Å². The highest BCUT2D eigenvalue weighted by Crippen LogP contribution is 2.26. The van der Waals surface area contributed by atoms with Crippen molar-refractivity contribution in [1.82, 2.24) is 10.2 Å². The van der Waals surface area contributed by atoms with Gasteiger partial charge in [0.1, 0.15) is 6.04 Å². The maximum absolute atomic E-state index is 13.7. The normalized spacial score (nSPS) is 11.9. The van der Waals surface area contributed by atoms with Crippen LogP contribution in [0.2, 0.25) is 5.02 Å². The lowest BCUT2D eigenvalue weighted by molar-refractivity contribution is -0.143. The Hall–Kier alpha value is -3.51. The summed E-state index contributed by atoms with van der Waals surface area (Å²) in [5, 5.41) is 3.60. The maximum Gasteiger partial charge on any atom is 0.261 e. The molecule has 2 amide bonds. The fraction of sp³-hybridized carbons (Fsp3) is 0.310. The van der Waals surface area contributed by atoms with Gasteiger partial charge in [0.15, 0.2) is 18.1 Å². The Kier molecular flexibility index (Phi) is 9.37. The van der Waals surface area contributed by atoms with Crippen LogP contribution in [-0.4, -0.2) is 42.0 Å². The van der Waals surface area contributed by atoms with Gasteiger partial charge in [0, 0.05) is 23.5 Å². The fourth-order valence-corrected chi connectivity index (χ4v) is 4.01. The van der Waals surface area contributed by atoms with Crippen molar-refractivity contribution in [3.8, 4) is 11.5 Å². The molecule has 0 saturated carbocycles. The summed E-state index contributed by atoms with van der Waals surface area (Å²) in [6.07, 6.45) is 0.351. The van der Waals surface area contributed by atoms with Gasteiger partial charge in [-0.05, 0) is 56.2 Å². The third-order valence-corrected chi connectivity index (χ3v) is 5.67. The highest BCUT2D eigenvalue weighted by Gasteiger charge is 2.32. The van der Waals surface area contributed by atoms with E-state index in [4.69, 9.17) is 21.1 Å². The summed E-state index contributed by atoms with van der Waals surface area (Å²) < 4.78 is 11.2. The molecule has 1 atom stereocenters. The summed E-state index contributed by atoms with van der Waals surface area (Å²) in [5.74, 6) is 0.415. The number of nitrogens with one attached hydrogen (secondary N) is 1. The molecule has 1 N–H and O–H groups in total. The highest BCUT2D eigenvalue weighted by molar-refractivity contribution is 6.30. The van der Waals surface area contributed by atoms with Crippen LogP contribution in [0.25, 0.3) is 0 Å². The number of methoxy groups -OCH3 is 1. The van der Waals surface area contributed by atoms with Crippen molar-refractivity contribution in [3.05, 3.63) is 95.0 Å². The van der Waals surface area contributed by atoms with Crippen molar-refractivity contribution in [2.24, 2.45) is 0 Å². The molecule has 0 saturated heterocycles. The van der Waals surface area contributed by atoms with E-state index in [0.29, 0.717) is 22.9 Å². The lowest BCUT2D eigenvalue weighted by Gasteiger charge is -2.33. The molecule has 3 rings (SSSR count). The zero-order chi connectivity index (χ0) is 26.1. The molecule has 0 unspecified atom stereocenters. The topological polar surface area (TPSA) is 67.9 Å². The van der Waals surface area contributed by atoms with Crippen molar-refractivity contribution in [2.75, 3.05) is 13.7 Å². The van der Waals surface area contributed by atoms with Crippen molar-refractivity contribution in [2.45, 2.75) is 45.3 Å². The highest BCUT2D eigenvalue weighted by atomic mass is 35.5. The number of ether oxygens (including phenoxy) is 2.